The van der Waals surface area contributed by atoms with Crippen LogP contribution in [-0.4, -0.2) is 67.9 Å². The Bertz CT molecular complexity index is 989. The van der Waals surface area contributed by atoms with Crippen LogP contribution in [0.5, 0.6) is 0 Å². The van der Waals surface area contributed by atoms with Gasteiger partial charge in [0.1, 0.15) is 11.4 Å². The van der Waals surface area contributed by atoms with Gasteiger partial charge in [-0.3, -0.25) is 14.6 Å². The monoisotopic (exact) mass is 482 g/mol. The molecule has 4 rings (SSSR count). The maximum atomic E-state index is 13.0. The van der Waals surface area contributed by atoms with Crippen LogP contribution in [0.25, 0.3) is 0 Å². The largest absolute Gasteiger partial charge is 0.312 e. The SMILES string of the molecule is CC(C)CON1CCCC(C2=NC3(CCN(S(=O)(=O)c4cccc(Cl)c4)CC3)C(=O)N2)C1. The first kappa shape index (κ1) is 23.6. The first-order valence-electron chi connectivity index (χ1n) is 11.2. The average molecular weight is 483 g/mol. The van der Waals surface area contributed by atoms with E-state index in [0.717, 1.165) is 25.2 Å². The molecular weight excluding hydrogens is 452 g/mol. The zero-order valence-electron chi connectivity index (χ0n) is 18.6. The van der Waals surface area contributed by atoms with E-state index in [1.165, 1.54) is 10.4 Å². The Balaban J connectivity index is 1.42. The van der Waals surface area contributed by atoms with Gasteiger partial charge in [0.25, 0.3) is 5.91 Å². The van der Waals surface area contributed by atoms with E-state index >= 15 is 0 Å². The van der Waals surface area contributed by atoms with E-state index in [1.54, 1.807) is 18.2 Å². The minimum Gasteiger partial charge on any atom is -0.312 e. The summed E-state index contributed by atoms with van der Waals surface area (Å²) in [5.41, 5.74) is -0.878. The van der Waals surface area contributed by atoms with Crippen LogP contribution >= 0.6 is 11.6 Å². The molecule has 0 saturated carbocycles. The molecule has 2 saturated heterocycles. The number of hydrogen-bond donors (Lipinski definition) is 1. The van der Waals surface area contributed by atoms with Crippen molar-refractivity contribution < 1.29 is 18.0 Å². The van der Waals surface area contributed by atoms with Crippen LogP contribution in [0.3, 0.4) is 0 Å². The van der Waals surface area contributed by atoms with Gasteiger partial charge in [0.2, 0.25) is 10.0 Å². The molecule has 1 unspecified atom stereocenters. The number of benzene rings is 1. The Hall–Kier alpha value is -1.52. The van der Waals surface area contributed by atoms with Crippen LogP contribution in [0.15, 0.2) is 34.2 Å². The Kier molecular flexibility index (Phi) is 6.93. The summed E-state index contributed by atoms with van der Waals surface area (Å²) in [5.74, 6) is 1.18. The molecule has 1 spiro atoms. The van der Waals surface area contributed by atoms with Gasteiger partial charge in [0.15, 0.2) is 0 Å². The Labute approximate surface area is 195 Å². The third kappa shape index (κ3) is 4.87. The van der Waals surface area contributed by atoms with Crippen molar-refractivity contribution in [1.82, 2.24) is 14.7 Å². The number of hydroxylamine groups is 2. The average Bonchev–Trinajstić information content (AvgIpc) is 3.08. The van der Waals surface area contributed by atoms with Crippen molar-refractivity contribution in [3.05, 3.63) is 29.3 Å². The number of amidine groups is 1. The second-order valence-corrected chi connectivity index (χ2v) is 11.6. The molecule has 0 bridgehead atoms. The summed E-state index contributed by atoms with van der Waals surface area (Å²) < 4.78 is 27.4. The minimum atomic E-state index is -3.66. The van der Waals surface area contributed by atoms with Gasteiger partial charge >= 0.3 is 0 Å². The summed E-state index contributed by atoms with van der Waals surface area (Å²) in [4.78, 5) is 23.8. The Morgan fingerprint density at radius 1 is 1.28 bits per heavy atom. The number of carbonyl (C=O) groups excluding carboxylic acids is 1. The van der Waals surface area contributed by atoms with Gasteiger partial charge in [0, 0.05) is 37.1 Å². The molecule has 1 N–H and O–H groups in total. The number of aliphatic imine (C=N–C) groups is 1. The quantitative estimate of drug-likeness (QED) is 0.673. The molecule has 8 nitrogen and oxygen atoms in total. The predicted octanol–water partition coefficient (Wildman–Crippen LogP) is 2.69. The van der Waals surface area contributed by atoms with E-state index in [-0.39, 0.29) is 29.8 Å². The first-order chi connectivity index (χ1) is 15.2. The lowest BCUT2D eigenvalue weighted by Crippen LogP contribution is -2.50. The summed E-state index contributed by atoms with van der Waals surface area (Å²) in [7, 11) is -3.66. The fraction of sp³-hybridized carbons (Fsp3) is 0.636. The van der Waals surface area contributed by atoms with Gasteiger partial charge in [0.05, 0.1) is 11.5 Å². The maximum Gasteiger partial charge on any atom is 0.253 e. The van der Waals surface area contributed by atoms with E-state index in [1.807, 2.05) is 5.06 Å². The van der Waals surface area contributed by atoms with Gasteiger partial charge in [-0.15, -0.1) is 0 Å². The van der Waals surface area contributed by atoms with E-state index in [2.05, 4.69) is 19.2 Å². The zero-order valence-corrected chi connectivity index (χ0v) is 20.2. The van der Waals surface area contributed by atoms with Crippen LogP contribution in [0.4, 0.5) is 0 Å². The molecule has 176 valence electrons. The van der Waals surface area contributed by atoms with E-state index in [4.69, 9.17) is 21.4 Å². The van der Waals surface area contributed by atoms with Crippen LogP contribution in [-0.2, 0) is 19.7 Å². The van der Waals surface area contributed by atoms with Gasteiger partial charge in [-0.25, -0.2) is 8.42 Å². The maximum absolute atomic E-state index is 13.0. The van der Waals surface area contributed by atoms with Crippen molar-refractivity contribution >= 4 is 33.4 Å². The van der Waals surface area contributed by atoms with Crippen LogP contribution in [0.2, 0.25) is 5.02 Å². The molecule has 3 heterocycles. The second-order valence-electron chi connectivity index (χ2n) is 9.26. The van der Waals surface area contributed by atoms with E-state index in [0.29, 0.717) is 36.9 Å². The lowest BCUT2D eigenvalue weighted by Gasteiger charge is -2.34. The van der Waals surface area contributed by atoms with E-state index in [9.17, 15) is 13.2 Å². The molecule has 1 atom stereocenters. The molecule has 1 amide bonds. The van der Waals surface area contributed by atoms with Crippen LogP contribution in [0, 0.1) is 11.8 Å². The van der Waals surface area contributed by atoms with Crippen molar-refractivity contribution in [3.63, 3.8) is 0 Å². The molecule has 3 aliphatic rings. The molecule has 0 aliphatic carbocycles. The number of nitrogens with one attached hydrogen (secondary N) is 1. The third-order valence-electron chi connectivity index (χ3n) is 6.34. The number of hydrogen-bond acceptors (Lipinski definition) is 6. The summed E-state index contributed by atoms with van der Waals surface area (Å²) in [6.45, 7) is 6.98. The van der Waals surface area contributed by atoms with Crippen molar-refractivity contribution in [2.75, 3.05) is 32.8 Å². The van der Waals surface area contributed by atoms with Crippen molar-refractivity contribution in [1.29, 1.82) is 0 Å². The summed E-state index contributed by atoms with van der Waals surface area (Å²) in [6.07, 6.45) is 2.66. The fourth-order valence-electron chi connectivity index (χ4n) is 4.48. The number of amides is 1. The van der Waals surface area contributed by atoms with Gasteiger partial charge < -0.3 is 5.32 Å². The van der Waals surface area contributed by atoms with Gasteiger partial charge in [-0.1, -0.05) is 31.5 Å². The summed E-state index contributed by atoms with van der Waals surface area (Å²) in [5, 5.41) is 5.36. The highest BCUT2D eigenvalue weighted by Gasteiger charge is 2.48. The molecule has 3 aliphatic heterocycles. The molecular formula is C22H31ClN4O4S. The number of halogens is 1. The minimum absolute atomic E-state index is 0.118. The lowest BCUT2D eigenvalue weighted by molar-refractivity contribution is -0.180. The summed E-state index contributed by atoms with van der Waals surface area (Å²) in [6, 6.07) is 6.27. The number of rotatable bonds is 6. The third-order valence-corrected chi connectivity index (χ3v) is 8.47. The number of piperidine rings is 2. The lowest BCUT2D eigenvalue weighted by atomic mass is 9.89. The van der Waals surface area contributed by atoms with Crippen molar-refractivity contribution in [2.45, 2.75) is 50.0 Å². The standard InChI is InChI=1S/C22H31ClN4O4S/c1-16(2)15-31-26-10-4-5-17(14-26)20-24-21(28)22(25-20)8-11-27(12-9-22)32(29,30)19-7-3-6-18(23)13-19/h3,6-7,13,16-17H,4-5,8-12,14-15H2,1-2H3,(H,24,25,28). The number of sulfonamides is 1. The molecule has 2 fully saturated rings. The topological polar surface area (TPSA) is 91.3 Å². The fourth-order valence-corrected chi connectivity index (χ4v) is 6.23. The highest BCUT2D eigenvalue weighted by atomic mass is 35.5. The first-order valence-corrected chi connectivity index (χ1v) is 13.1. The zero-order chi connectivity index (χ0) is 22.9. The predicted molar refractivity (Wildman–Crippen MR) is 123 cm³/mol. The van der Waals surface area contributed by atoms with Crippen LogP contribution < -0.4 is 5.32 Å². The van der Waals surface area contributed by atoms with Gasteiger partial charge in [-0.05, 0) is 49.8 Å². The molecule has 10 heteroatoms. The Morgan fingerprint density at radius 3 is 2.72 bits per heavy atom. The normalized spacial score (nSPS) is 24.7. The number of carbonyl (C=O) groups is 1. The highest BCUT2D eigenvalue weighted by molar-refractivity contribution is 7.89. The number of nitrogens with zero attached hydrogens (tertiary/aromatic N) is 3. The van der Waals surface area contributed by atoms with E-state index < -0.39 is 15.6 Å². The smallest absolute Gasteiger partial charge is 0.253 e. The summed E-state index contributed by atoms with van der Waals surface area (Å²) >= 11 is 5.98. The second kappa shape index (κ2) is 9.38. The van der Waals surface area contributed by atoms with Gasteiger partial charge in [-0.2, -0.15) is 9.37 Å². The molecule has 0 aromatic heterocycles. The Morgan fingerprint density at radius 2 is 2.03 bits per heavy atom. The highest BCUT2D eigenvalue weighted by Crippen LogP contribution is 2.34. The van der Waals surface area contributed by atoms with Crippen molar-refractivity contribution in [2.24, 2.45) is 16.8 Å². The van der Waals surface area contributed by atoms with Crippen LogP contribution in [0.1, 0.15) is 39.5 Å². The molecule has 1 aromatic carbocycles. The molecule has 0 radical (unpaired) electrons. The molecule has 1 aromatic rings. The van der Waals surface area contributed by atoms with Crippen molar-refractivity contribution in [3.8, 4) is 0 Å². The molecule has 32 heavy (non-hydrogen) atoms.